The molecule has 0 spiro atoms. The summed E-state index contributed by atoms with van der Waals surface area (Å²) in [5.74, 6) is 0. The molecule has 1 aliphatic rings. The lowest BCUT2D eigenvalue weighted by atomic mass is 9.91. The molecule has 0 bridgehead atoms. The largest absolute Gasteiger partial charge is 0.395 e. The Morgan fingerprint density at radius 2 is 2.24 bits per heavy atom. The van der Waals surface area contributed by atoms with E-state index < -0.39 is 0 Å². The number of benzene rings is 1. The molecule has 116 valence electrons. The molecule has 0 atom stereocenters. The molecule has 1 aliphatic carbocycles. The Hall–Kier alpha value is -1.82. The maximum atomic E-state index is 11.5. The number of hydrogen-bond acceptors (Lipinski definition) is 5. The van der Waals surface area contributed by atoms with Crippen molar-refractivity contribution in [1.82, 2.24) is 0 Å². The lowest BCUT2D eigenvalue weighted by Gasteiger charge is -2.38. The number of rotatable bonds is 8. The van der Waals surface area contributed by atoms with Crippen LogP contribution in [0.2, 0.25) is 0 Å². The van der Waals surface area contributed by atoms with Crippen LogP contribution in [-0.4, -0.2) is 35.8 Å². The summed E-state index contributed by atoms with van der Waals surface area (Å²) in [6.45, 7) is 3.16. The summed E-state index contributed by atoms with van der Waals surface area (Å²) < 4.78 is 0. The molecule has 0 heterocycles. The van der Waals surface area contributed by atoms with E-state index in [0.717, 1.165) is 25.7 Å². The van der Waals surface area contributed by atoms with Crippen molar-refractivity contribution in [1.29, 1.82) is 0 Å². The summed E-state index contributed by atoms with van der Waals surface area (Å²) >= 11 is 0. The minimum atomic E-state index is -0.323. The molecule has 2 N–H and O–H groups in total. The quantitative estimate of drug-likeness (QED) is 0.569. The van der Waals surface area contributed by atoms with Gasteiger partial charge in [-0.1, -0.05) is 13.0 Å². The lowest BCUT2D eigenvalue weighted by Crippen LogP contribution is -2.42. The van der Waals surface area contributed by atoms with Gasteiger partial charge >= 0.3 is 5.69 Å². The number of nitro benzene ring substituents is 1. The smallest absolute Gasteiger partial charge is 0.315 e. The molecule has 1 saturated carbocycles. The summed E-state index contributed by atoms with van der Waals surface area (Å²) in [6, 6.07) is 5.67. The fourth-order valence-electron chi connectivity index (χ4n) is 2.66. The van der Waals surface area contributed by atoms with Crippen molar-refractivity contribution >= 4 is 17.1 Å². The third-order valence-corrected chi connectivity index (χ3v) is 3.93. The molecule has 0 aliphatic heterocycles. The number of hydrogen-bond donors (Lipinski definition) is 2. The van der Waals surface area contributed by atoms with Gasteiger partial charge in [0.2, 0.25) is 0 Å². The number of nitrogens with one attached hydrogen (secondary N) is 1. The standard InChI is InChI=1S/C15H23N3O3/c1-2-9-16-13-7-4-8-14(15(13)18(20)21)17(10-11-19)12-5-3-6-12/h4,7-8,12,16,19H,2-3,5-6,9-11H2,1H3. The molecule has 21 heavy (non-hydrogen) atoms. The van der Waals surface area contributed by atoms with Crippen LogP contribution in [0.25, 0.3) is 0 Å². The molecule has 0 aromatic heterocycles. The molecule has 6 heteroatoms. The molecular formula is C15H23N3O3. The summed E-state index contributed by atoms with van der Waals surface area (Å²) in [4.78, 5) is 13.2. The van der Waals surface area contributed by atoms with Gasteiger partial charge in [-0.3, -0.25) is 10.1 Å². The lowest BCUT2D eigenvalue weighted by molar-refractivity contribution is -0.383. The maximum absolute atomic E-state index is 11.5. The van der Waals surface area contributed by atoms with Crippen LogP contribution < -0.4 is 10.2 Å². The average Bonchev–Trinajstić information content (AvgIpc) is 2.42. The molecule has 0 saturated heterocycles. The average molecular weight is 293 g/mol. The number of aliphatic hydroxyl groups is 1. The highest BCUT2D eigenvalue weighted by molar-refractivity contribution is 5.77. The van der Waals surface area contributed by atoms with Crippen LogP contribution in [0.5, 0.6) is 0 Å². The van der Waals surface area contributed by atoms with Gasteiger partial charge in [-0.2, -0.15) is 0 Å². The van der Waals surface area contributed by atoms with Gasteiger partial charge in [-0.05, 0) is 37.8 Å². The van der Waals surface area contributed by atoms with Crippen molar-refractivity contribution < 1.29 is 10.0 Å². The Balaban J connectivity index is 2.37. The fourth-order valence-corrected chi connectivity index (χ4v) is 2.66. The van der Waals surface area contributed by atoms with E-state index in [1.807, 2.05) is 17.9 Å². The SMILES string of the molecule is CCCNc1cccc(N(CCO)C2CCC2)c1[N+](=O)[O-]. The van der Waals surface area contributed by atoms with Crippen LogP contribution in [0.4, 0.5) is 17.1 Å². The van der Waals surface area contributed by atoms with Crippen molar-refractivity contribution in [2.75, 3.05) is 29.9 Å². The zero-order valence-corrected chi connectivity index (χ0v) is 12.4. The molecule has 2 rings (SSSR count). The first kappa shape index (κ1) is 15.6. The van der Waals surface area contributed by atoms with Gasteiger partial charge in [-0.25, -0.2) is 0 Å². The first-order chi connectivity index (χ1) is 10.2. The van der Waals surface area contributed by atoms with E-state index in [2.05, 4.69) is 5.32 Å². The van der Waals surface area contributed by atoms with Gasteiger partial charge in [0.15, 0.2) is 0 Å². The number of aliphatic hydroxyl groups excluding tert-OH is 1. The fraction of sp³-hybridized carbons (Fsp3) is 0.600. The molecular weight excluding hydrogens is 270 g/mol. The maximum Gasteiger partial charge on any atom is 0.315 e. The van der Waals surface area contributed by atoms with Crippen LogP contribution in [-0.2, 0) is 0 Å². The second-order valence-corrected chi connectivity index (χ2v) is 5.36. The van der Waals surface area contributed by atoms with Crippen molar-refractivity contribution in [3.8, 4) is 0 Å². The van der Waals surface area contributed by atoms with E-state index in [1.54, 1.807) is 12.1 Å². The van der Waals surface area contributed by atoms with Gasteiger partial charge < -0.3 is 15.3 Å². The van der Waals surface area contributed by atoms with Gasteiger partial charge in [0, 0.05) is 19.1 Å². The second kappa shape index (κ2) is 7.26. The third-order valence-electron chi connectivity index (χ3n) is 3.93. The third kappa shape index (κ3) is 3.44. The predicted octanol–water partition coefficient (Wildman–Crippen LogP) is 2.77. The van der Waals surface area contributed by atoms with Crippen LogP contribution in [0.1, 0.15) is 32.6 Å². The highest BCUT2D eigenvalue weighted by atomic mass is 16.6. The van der Waals surface area contributed by atoms with E-state index in [-0.39, 0.29) is 17.2 Å². The monoisotopic (exact) mass is 293 g/mol. The Morgan fingerprint density at radius 3 is 2.76 bits per heavy atom. The number of nitrogens with zero attached hydrogens (tertiary/aromatic N) is 2. The number of nitro groups is 1. The summed E-state index contributed by atoms with van der Waals surface area (Å²) in [5.41, 5.74) is 1.28. The van der Waals surface area contributed by atoms with Crippen LogP contribution >= 0.6 is 0 Å². The highest BCUT2D eigenvalue weighted by Crippen LogP contribution is 2.39. The first-order valence-electron chi connectivity index (χ1n) is 7.57. The van der Waals surface area contributed by atoms with Crippen molar-refractivity contribution in [2.45, 2.75) is 38.6 Å². The van der Waals surface area contributed by atoms with E-state index in [9.17, 15) is 15.2 Å². The molecule has 0 amide bonds. The van der Waals surface area contributed by atoms with Crippen molar-refractivity contribution in [3.63, 3.8) is 0 Å². The number of anilines is 2. The van der Waals surface area contributed by atoms with Crippen molar-refractivity contribution in [2.24, 2.45) is 0 Å². The highest BCUT2D eigenvalue weighted by Gasteiger charge is 2.30. The molecule has 6 nitrogen and oxygen atoms in total. The molecule has 0 unspecified atom stereocenters. The van der Waals surface area contributed by atoms with Gasteiger partial charge in [0.1, 0.15) is 11.4 Å². The first-order valence-corrected chi connectivity index (χ1v) is 7.57. The van der Waals surface area contributed by atoms with Crippen molar-refractivity contribution in [3.05, 3.63) is 28.3 Å². The Morgan fingerprint density at radius 1 is 1.48 bits per heavy atom. The van der Waals surface area contributed by atoms with Crippen LogP contribution in [0.15, 0.2) is 18.2 Å². The van der Waals surface area contributed by atoms with E-state index >= 15 is 0 Å². The summed E-state index contributed by atoms with van der Waals surface area (Å²) in [6.07, 6.45) is 4.12. The molecule has 1 fully saturated rings. The van der Waals surface area contributed by atoms with Gasteiger partial charge in [0.05, 0.1) is 11.5 Å². The predicted molar refractivity (Wildman–Crippen MR) is 83.9 cm³/mol. The molecule has 0 radical (unpaired) electrons. The minimum Gasteiger partial charge on any atom is -0.395 e. The number of para-hydroxylation sites is 1. The second-order valence-electron chi connectivity index (χ2n) is 5.36. The normalized spacial score (nSPS) is 14.6. The Kier molecular flexibility index (Phi) is 5.38. The minimum absolute atomic E-state index is 0.000268. The van der Waals surface area contributed by atoms with E-state index in [1.165, 1.54) is 0 Å². The van der Waals surface area contributed by atoms with Gasteiger partial charge in [-0.15, -0.1) is 0 Å². The molecule has 1 aromatic rings. The van der Waals surface area contributed by atoms with E-state index in [0.29, 0.717) is 30.5 Å². The van der Waals surface area contributed by atoms with Gasteiger partial charge in [0.25, 0.3) is 0 Å². The Labute approximate surface area is 124 Å². The summed E-state index contributed by atoms with van der Waals surface area (Å²) in [7, 11) is 0. The topological polar surface area (TPSA) is 78.6 Å². The van der Waals surface area contributed by atoms with E-state index in [4.69, 9.17) is 0 Å². The summed E-state index contributed by atoms with van der Waals surface area (Å²) in [5, 5.41) is 23.9. The van der Waals surface area contributed by atoms with Crippen LogP contribution in [0.3, 0.4) is 0 Å². The Bertz CT molecular complexity index is 489. The zero-order chi connectivity index (χ0) is 15.2. The zero-order valence-electron chi connectivity index (χ0n) is 12.4. The molecule has 1 aromatic carbocycles. The van der Waals surface area contributed by atoms with Crippen LogP contribution in [0, 0.1) is 10.1 Å².